The Bertz CT molecular complexity index is 727. The third-order valence-corrected chi connectivity index (χ3v) is 2.95. The van der Waals surface area contributed by atoms with Crippen LogP contribution >= 0.6 is 0 Å². The smallest absolute Gasteiger partial charge is 0.177 e. The molecule has 0 aliphatic carbocycles. The molecule has 3 aromatic rings. The van der Waals surface area contributed by atoms with Gasteiger partial charge >= 0.3 is 0 Å². The number of phenols is 1. The number of hydrogen-bond acceptors (Lipinski definition) is 4. The van der Waals surface area contributed by atoms with Gasteiger partial charge in [0, 0.05) is 16.8 Å². The zero-order valence-electron chi connectivity index (χ0n) is 10.1. The number of methoxy groups -OCH3 is 2. The molecule has 0 fully saturated rings. The fourth-order valence-corrected chi connectivity index (χ4v) is 2.14. The van der Waals surface area contributed by atoms with Crippen molar-refractivity contribution in [2.75, 3.05) is 14.2 Å². The van der Waals surface area contributed by atoms with Crippen molar-refractivity contribution >= 4 is 21.9 Å². The summed E-state index contributed by atoms with van der Waals surface area (Å²) in [6.45, 7) is 0. The largest absolute Gasteiger partial charge is 0.508 e. The second-order valence-corrected chi connectivity index (χ2v) is 3.96. The Balaban J connectivity index is 2.50. The zero-order chi connectivity index (χ0) is 12.7. The van der Waals surface area contributed by atoms with Crippen LogP contribution in [0.1, 0.15) is 0 Å². The van der Waals surface area contributed by atoms with Gasteiger partial charge in [-0.05, 0) is 12.1 Å². The van der Waals surface area contributed by atoms with Crippen LogP contribution in [0.15, 0.2) is 34.7 Å². The first-order valence-corrected chi connectivity index (χ1v) is 5.51. The lowest BCUT2D eigenvalue weighted by Crippen LogP contribution is -1.82. The van der Waals surface area contributed by atoms with Gasteiger partial charge in [-0.2, -0.15) is 0 Å². The summed E-state index contributed by atoms with van der Waals surface area (Å²) in [5.41, 5.74) is 1.26. The van der Waals surface area contributed by atoms with Gasteiger partial charge in [0.1, 0.15) is 5.75 Å². The number of rotatable bonds is 2. The van der Waals surface area contributed by atoms with Crippen LogP contribution < -0.4 is 9.47 Å². The fourth-order valence-electron chi connectivity index (χ4n) is 2.14. The highest BCUT2D eigenvalue weighted by atomic mass is 16.5. The zero-order valence-corrected chi connectivity index (χ0v) is 10.1. The molecule has 0 saturated carbocycles. The summed E-state index contributed by atoms with van der Waals surface area (Å²) >= 11 is 0. The van der Waals surface area contributed by atoms with E-state index in [1.165, 1.54) is 6.07 Å². The Morgan fingerprint density at radius 2 is 1.67 bits per heavy atom. The van der Waals surface area contributed by atoms with Gasteiger partial charge in [0.15, 0.2) is 22.7 Å². The number of furan rings is 1. The van der Waals surface area contributed by atoms with Crippen molar-refractivity contribution in [2.45, 2.75) is 0 Å². The molecule has 0 radical (unpaired) electrons. The lowest BCUT2D eigenvalue weighted by molar-refractivity contribution is 0.400. The molecule has 0 saturated heterocycles. The van der Waals surface area contributed by atoms with E-state index in [0.29, 0.717) is 22.7 Å². The van der Waals surface area contributed by atoms with E-state index in [1.54, 1.807) is 20.3 Å². The Morgan fingerprint density at radius 3 is 2.39 bits per heavy atom. The summed E-state index contributed by atoms with van der Waals surface area (Å²) in [5.74, 6) is 1.30. The van der Waals surface area contributed by atoms with Gasteiger partial charge in [0.05, 0.1) is 14.2 Å². The van der Waals surface area contributed by atoms with Crippen LogP contribution in [0.25, 0.3) is 21.9 Å². The maximum absolute atomic E-state index is 9.69. The van der Waals surface area contributed by atoms with Crippen molar-refractivity contribution in [3.05, 3.63) is 30.3 Å². The number of aromatic hydroxyl groups is 1. The van der Waals surface area contributed by atoms with Gasteiger partial charge in [-0.15, -0.1) is 0 Å². The number of benzene rings is 2. The second-order valence-electron chi connectivity index (χ2n) is 3.96. The van der Waals surface area contributed by atoms with E-state index in [1.807, 2.05) is 18.2 Å². The van der Waals surface area contributed by atoms with Gasteiger partial charge in [-0.3, -0.25) is 0 Å². The molecular formula is C14H12O4. The topological polar surface area (TPSA) is 51.8 Å². The highest BCUT2D eigenvalue weighted by molar-refractivity contribution is 6.09. The SMILES string of the molecule is COc1cccc2c1oc1c(OC)cc(O)cc12. The van der Waals surface area contributed by atoms with Gasteiger partial charge in [0.25, 0.3) is 0 Å². The van der Waals surface area contributed by atoms with Crippen molar-refractivity contribution < 1.29 is 19.0 Å². The molecule has 92 valence electrons. The van der Waals surface area contributed by atoms with Gasteiger partial charge in [0.2, 0.25) is 0 Å². The summed E-state index contributed by atoms with van der Waals surface area (Å²) in [7, 11) is 3.13. The maximum atomic E-state index is 9.69. The molecule has 3 rings (SSSR count). The third kappa shape index (κ3) is 1.39. The minimum atomic E-state index is 0.143. The van der Waals surface area contributed by atoms with E-state index in [4.69, 9.17) is 13.9 Å². The molecule has 1 N–H and O–H groups in total. The lowest BCUT2D eigenvalue weighted by Gasteiger charge is -2.00. The first-order valence-electron chi connectivity index (χ1n) is 5.51. The fraction of sp³-hybridized carbons (Fsp3) is 0.143. The number of fused-ring (bicyclic) bond motifs is 3. The lowest BCUT2D eigenvalue weighted by atomic mass is 10.1. The van der Waals surface area contributed by atoms with Crippen LogP contribution in [0.4, 0.5) is 0 Å². The average molecular weight is 244 g/mol. The maximum Gasteiger partial charge on any atom is 0.177 e. The monoisotopic (exact) mass is 244 g/mol. The average Bonchev–Trinajstić information content (AvgIpc) is 2.76. The summed E-state index contributed by atoms with van der Waals surface area (Å²) in [4.78, 5) is 0. The molecule has 0 amide bonds. The highest BCUT2D eigenvalue weighted by Crippen LogP contribution is 2.40. The Kier molecular flexibility index (Phi) is 2.30. The molecule has 1 heterocycles. The molecule has 0 spiro atoms. The van der Waals surface area contributed by atoms with Crippen LogP contribution in [0.5, 0.6) is 17.2 Å². The molecule has 0 bridgehead atoms. The molecule has 0 atom stereocenters. The van der Waals surface area contributed by atoms with E-state index < -0.39 is 0 Å². The van der Waals surface area contributed by atoms with Crippen LogP contribution in [0.3, 0.4) is 0 Å². The number of para-hydroxylation sites is 1. The standard InChI is InChI=1S/C14H12O4/c1-16-11-5-3-4-9-10-6-8(15)7-12(17-2)14(10)18-13(9)11/h3-7,15H,1-2H3. The van der Waals surface area contributed by atoms with Crippen molar-refractivity contribution in [1.82, 2.24) is 0 Å². The van der Waals surface area contributed by atoms with Crippen molar-refractivity contribution in [3.8, 4) is 17.2 Å². The Labute approximate surface area is 103 Å². The summed E-state index contributed by atoms with van der Waals surface area (Å²) in [6, 6.07) is 8.81. The quantitative estimate of drug-likeness (QED) is 0.751. The Morgan fingerprint density at radius 1 is 0.944 bits per heavy atom. The molecule has 18 heavy (non-hydrogen) atoms. The molecule has 4 nitrogen and oxygen atoms in total. The van der Waals surface area contributed by atoms with E-state index >= 15 is 0 Å². The summed E-state index contributed by atoms with van der Waals surface area (Å²) in [5, 5.41) is 11.4. The normalized spacial score (nSPS) is 11.0. The minimum Gasteiger partial charge on any atom is -0.508 e. The van der Waals surface area contributed by atoms with E-state index in [2.05, 4.69) is 0 Å². The Hall–Kier alpha value is -2.36. The molecule has 2 aromatic carbocycles. The van der Waals surface area contributed by atoms with Crippen LogP contribution in [-0.2, 0) is 0 Å². The van der Waals surface area contributed by atoms with Crippen molar-refractivity contribution in [2.24, 2.45) is 0 Å². The van der Waals surface area contributed by atoms with Gasteiger partial charge in [-0.25, -0.2) is 0 Å². The van der Waals surface area contributed by atoms with E-state index in [0.717, 1.165) is 10.8 Å². The first kappa shape index (κ1) is 10.8. The molecule has 0 aliphatic rings. The molecule has 0 unspecified atom stereocenters. The molecular weight excluding hydrogens is 232 g/mol. The summed E-state index contributed by atoms with van der Waals surface area (Å²) < 4.78 is 16.3. The molecule has 0 aliphatic heterocycles. The van der Waals surface area contributed by atoms with Crippen LogP contribution in [0.2, 0.25) is 0 Å². The molecule has 4 heteroatoms. The first-order chi connectivity index (χ1) is 8.74. The van der Waals surface area contributed by atoms with E-state index in [9.17, 15) is 5.11 Å². The number of phenolic OH excluding ortho intramolecular Hbond substituents is 1. The predicted octanol–water partition coefficient (Wildman–Crippen LogP) is 3.31. The summed E-state index contributed by atoms with van der Waals surface area (Å²) in [6.07, 6.45) is 0. The predicted molar refractivity (Wildman–Crippen MR) is 68.5 cm³/mol. The number of hydrogen-bond donors (Lipinski definition) is 1. The van der Waals surface area contributed by atoms with Crippen LogP contribution in [0, 0.1) is 0 Å². The van der Waals surface area contributed by atoms with E-state index in [-0.39, 0.29) is 5.75 Å². The van der Waals surface area contributed by atoms with Crippen molar-refractivity contribution in [3.63, 3.8) is 0 Å². The van der Waals surface area contributed by atoms with Crippen molar-refractivity contribution in [1.29, 1.82) is 0 Å². The third-order valence-electron chi connectivity index (χ3n) is 2.95. The van der Waals surface area contributed by atoms with Crippen LogP contribution in [-0.4, -0.2) is 19.3 Å². The van der Waals surface area contributed by atoms with Gasteiger partial charge in [-0.1, -0.05) is 12.1 Å². The minimum absolute atomic E-state index is 0.143. The second kappa shape index (κ2) is 3.84. The number of ether oxygens (including phenoxy) is 2. The molecule has 1 aromatic heterocycles. The highest BCUT2D eigenvalue weighted by Gasteiger charge is 2.15. The van der Waals surface area contributed by atoms with Gasteiger partial charge < -0.3 is 19.0 Å².